The van der Waals surface area contributed by atoms with Crippen molar-refractivity contribution < 1.29 is 9.13 Å². The molecular weight excluding hydrogens is 243 g/mol. The fourth-order valence-corrected chi connectivity index (χ4v) is 2.76. The van der Waals surface area contributed by atoms with E-state index >= 15 is 0 Å². The fraction of sp³-hybridized carbons (Fsp3) is 0.600. The number of benzene rings is 1. The highest BCUT2D eigenvalue weighted by atomic mass is 19.1. The zero-order valence-electron chi connectivity index (χ0n) is 11.7. The third-order valence-electron chi connectivity index (χ3n) is 4.08. The maximum Gasteiger partial charge on any atom is 0.123 e. The Hall–Kier alpha value is -0.970. The first-order chi connectivity index (χ1) is 9.13. The Kier molecular flexibility index (Phi) is 4.91. The van der Waals surface area contributed by atoms with Crippen molar-refractivity contribution in [2.45, 2.75) is 38.5 Å². The van der Waals surface area contributed by atoms with E-state index in [4.69, 9.17) is 10.5 Å². The Morgan fingerprint density at radius 1 is 1.47 bits per heavy atom. The van der Waals surface area contributed by atoms with Crippen molar-refractivity contribution in [1.29, 1.82) is 0 Å². The molecule has 0 aromatic heterocycles. The first kappa shape index (κ1) is 14.4. The van der Waals surface area contributed by atoms with Crippen LogP contribution < -0.4 is 5.73 Å². The molecule has 2 rings (SSSR count). The van der Waals surface area contributed by atoms with Crippen molar-refractivity contribution in [3.63, 3.8) is 0 Å². The van der Waals surface area contributed by atoms with Crippen molar-refractivity contribution in [3.8, 4) is 0 Å². The van der Waals surface area contributed by atoms with Crippen molar-refractivity contribution in [2.75, 3.05) is 20.2 Å². The first-order valence-corrected chi connectivity index (χ1v) is 6.86. The molecular formula is C15H23FN2O. The van der Waals surface area contributed by atoms with Crippen LogP contribution in [0.15, 0.2) is 18.2 Å². The van der Waals surface area contributed by atoms with Crippen LogP contribution in [0.3, 0.4) is 0 Å². The number of nitrogens with two attached hydrogens (primary N) is 1. The van der Waals surface area contributed by atoms with E-state index in [1.165, 1.54) is 6.07 Å². The molecule has 0 saturated carbocycles. The lowest BCUT2D eigenvalue weighted by Crippen LogP contribution is -2.48. The summed E-state index contributed by atoms with van der Waals surface area (Å²) in [4.78, 5) is 2.34. The van der Waals surface area contributed by atoms with Gasteiger partial charge in [-0.1, -0.05) is 6.07 Å². The molecule has 0 amide bonds. The number of likely N-dealkylation sites (tertiary alicyclic amines) is 1. The van der Waals surface area contributed by atoms with Crippen molar-refractivity contribution in [1.82, 2.24) is 4.90 Å². The molecule has 2 N–H and O–H groups in total. The fourth-order valence-electron chi connectivity index (χ4n) is 2.76. The molecule has 2 unspecified atom stereocenters. The van der Waals surface area contributed by atoms with Crippen LogP contribution in [-0.4, -0.2) is 37.2 Å². The average molecular weight is 266 g/mol. The van der Waals surface area contributed by atoms with Crippen LogP contribution in [0.5, 0.6) is 0 Å². The maximum absolute atomic E-state index is 13.3. The van der Waals surface area contributed by atoms with Crippen LogP contribution in [-0.2, 0) is 11.3 Å². The molecule has 1 aromatic rings. The maximum atomic E-state index is 13.3. The predicted molar refractivity (Wildman–Crippen MR) is 74.4 cm³/mol. The lowest BCUT2D eigenvalue weighted by molar-refractivity contribution is 0.0101. The van der Waals surface area contributed by atoms with E-state index in [-0.39, 0.29) is 5.82 Å². The Bertz CT molecular complexity index is 425. The van der Waals surface area contributed by atoms with Crippen LogP contribution in [0.4, 0.5) is 4.39 Å². The van der Waals surface area contributed by atoms with Crippen LogP contribution in [0.1, 0.15) is 24.0 Å². The normalized spacial score (nSPS) is 24.6. The summed E-state index contributed by atoms with van der Waals surface area (Å²) in [5, 5.41) is 0. The van der Waals surface area contributed by atoms with Crippen LogP contribution in [0.2, 0.25) is 0 Å². The molecule has 1 aliphatic rings. The molecule has 1 fully saturated rings. The predicted octanol–water partition coefficient (Wildman–Crippen LogP) is 2.07. The van der Waals surface area contributed by atoms with Crippen molar-refractivity contribution in [3.05, 3.63) is 35.1 Å². The quantitative estimate of drug-likeness (QED) is 0.906. The lowest BCUT2D eigenvalue weighted by Gasteiger charge is -2.38. The van der Waals surface area contributed by atoms with E-state index < -0.39 is 0 Å². The molecule has 2 atom stereocenters. The summed E-state index contributed by atoms with van der Waals surface area (Å²) in [5.41, 5.74) is 8.04. The molecule has 4 heteroatoms. The number of rotatable bonds is 4. The highest BCUT2D eigenvalue weighted by Gasteiger charge is 2.27. The molecule has 1 aromatic carbocycles. The second-order valence-corrected chi connectivity index (χ2v) is 5.31. The minimum atomic E-state index is -0.170. The molecule has 19 heavy (non-hydrogen) atoms. The molecule has 1 saturated heterocycles. The molecule has 0 aliphatic carbocycles. The van der Waals surface area contributed by atoms with Crippen molar-refractivity contribution in [2.24, 2.45) is 5.73 Å². The Morgan fingerprint density at radius 2 is 2.26 bits per heavy atom. The van der Waals surface area contributed by atoms with E-state index in [0.717, 1.165) is 37.1 Å². The second-order valence-electron chi connectivity index (χ2n) is 5.31. The SMILES string of the molecule is COC1CCN(Cc2cc(F)ccc2C)C(CN)C1. The van der Waals surface area contributed by atoms with Crippen LogP contribution >= 0.6 is 0 Å². The zero-order chi connectivity index (χ0) is 13.8. The van der Waals surface area contributed by atoms with E-state index in [1.807, 2.05) is 13.0 Å². The van der Waals surface area contributed by atoms with Gasteiger partial charge in [0.25, 0.3) is 0 Å². The molecule has 0 spiro atoms. The summed E-state index contributed by atoms with van der Waals surface area (Å²) in [6.07, 6.45) is 2.28. The molecule has 3 nitrogen and oxygen atoms in total. The number of ether oxygens (including phenoxy) is 1. The van der Waals surface area contributed by atoms with Gasteiger partial charge in [0.1, 0.15) is 5.82 Å². The smallest absolute Gasteiger partial charge is 0.123 e. The van der Waals surface area contributed by atoms with E-state index in [2.05, 4.69) is 4.90 Å². The summed E-state index contributed by atoms with van der Waals surface area (Å²) < 4.78 is 18.8. The minimum absolute atomic E-state index is 0.170. The van der Waals surface area contributed by atoms with Gasteiger partial charge in [0.2, 0.25) is 0 Å². The van der Waals surface area contributed by atoms with Gasteiger partial charge in [0.15, 0.2) is 0 Å². The highest BCUT2D eigenvalue weighted by Crippen LogP contribution is 2.22. The van der Waals surface area contributed by atoms with E-state index in [1.54, 1.807) is 13.2 Å². The van der Waals surface area contributed by atoms with Gasteiger partial charge in [0.05, 0.1) is 6.10 Å². The number of nitrogens with zero attached hydrogens (tertiary/aromatic N) is 1. The van der Waals surface area contributed by atoms with Gasteiger partial charge in [-0.25, -0.2) is 4.39 Å². The summed E-state index contributed by atoms with van der Waals surface area (Å²) in [7, 11) is 1.75. The van der Waals surface area contributed by atoms with Crippen LogP contribution in [0, 0.1) is 12.7 Å². The molecule has 1 aliphatic heterocycles. The number of halogens is 1. The number of piperidine rings is 1. The summed E-state index contributed by atoms with van der Waals surface area (Å²) in [6, 6.07) is 5.30. The van der Waals surface area contributed by atoms with Gasteiger partial charge in [-0.2, -0.15) is 0 Å². The summed E-state index contributed by atoms with van der Waals surface area (Å²) >= 11 is 0. The van der Waals surface area contributed by atoms with Crippen molar-refractivity contribution >= 4 is 0 Å². The molecule has 0 bridgehead atoms. The topological polar surface area (TPSA) is 38.5 Å². The van der Waals surface area contributed by atoms with Gasteiger partial charge in [-0.15, -0.1) is 0 Å². The number of hydrogen-bond donors (Lipinski definition) is 1. The van der Waals surface area contributed by atoms with Crippen LogP contribution in [0.25, 0.3) is 0 Å². The number of hydrogen-bond acceptors (Lipinski definition) is 3. The van der Waals surface area contributed by atoms with Gasteiger partial charge in [0, 0.05) is 32.8 Å². The molecule has 1 heterocycles. The Morgan fingerprint density at radius 3 is 2.95 bits per heavy atom. The number of methoxy groups -OCH3 is 1. The third kappa shape index (κ3) is 3.53. The third-order valence-corrected chi connectivity index (χ3v) is 4.08. The highest BCUT2D eigenvalue weighted by molar-refractivity contribution is 5.26. The average Bonchev–Trinajstić information content (AvgIpc) is 2.43. The zero-order valence-corrected chi connectivity index (χ0v) is 11.7. The first-order valence-electron chi connectivity index (χ1n) is 6.86. The Balaban J connectivity index is 2.07. The molecule has 106 valence electrons. The Labute approximate surface area is 114 Å². The minimum Gasteiger partial charge on any atom is -0.381 e. The second kappa shape index (κ2) is 6.46. The lowest BCUT2D eigenvalue weighted by atomic mass is 9.97. The van der Waals surface area contributed by atoms with Gasteiger partial charge in [-0.05, 0) is 43.0 Å². The summed E-state index contributed by atoms with van der Waals surface area (Å²) in [6.45, 7) is 4.36. The van der Waals surface area contributed by atoms with E-state index in [9.17, 15) is 4.39 Å². The summed E-state index contributed by atoms with van der Waals surface area (Å²) in [5.74, 6) is -0.170. The molecule has 0 radical (unpaired) electrons. The number of aryl methyl sites for hydroxylation is 1. The van der Waals surface area contributed by atoms with Gasteiger partial charge in [-0.3, -0.25) is 4.90 Å². The van der Waals surface area contributed by atoms with Gasteiger partial charge < -0.3 is 10.5 Å². The van der Waals surface area contributed by atoms with E-state index in [0.29, 0.717) is 18.7 Å². The van der Waals surface area contributed by atoms with Gasteiger partial charge >= 0.3 is 0 Å². The largest absolute Gasteiger partial charge is 0.381 e. The monoisotopic (exact) mass is 266 g/mol. The standard InChI is InChI=1S/C15H23FN2O/c1-11-3-4-13(16)7-12(11)10-18-6-5-15(19-2)8-14(18)9-17/h3-4,7,14-15H,5-6,8-10,17H2,1-2H3.